The highest BCUT2D eigenvalue weighted by Gasteiger charge is 2.02. The molecule has 0 aliphatic carbocycles. The highest BCUT2D eigenvalue weighted by atomic mass is 127. The largest absolute Gasteiger partial charge is 0.305 e. The van der Waals surface area contributed by atoms with Crippen molar-refractivity contribution in [1.82, 2.24) is 9.80 Å². The van der Waals surface area contributed by atoms with E-state index in [1.807, 2.05) is 0 Å². The molecule has 0 atom stereocenters. The first kappa shape index (κ1) is 18.2. The summed E-state index contributed by atoms with van der Waals surface area (Å²) in [6.07, 6.45) is 4.39. The van der Waals surface area contributed by atoms with E-state index in [-0.39, 0.29) is 0 Å². The van der Waals surface area contributed by atoms with Gasteiger partial charge in [-0.1, -0.05) is 42.5 Å². The molecule has 0 N–H and O–H groups in total. The Hall–Kier alpha value is -1.17. The van der Waals surface area contributed by atoms with Gasteiger partial charge in [0.2, 0.25) is 0 Å². The molecule has 0 saturated carbocycles. The Morgan fingerprint density at radius 3 is 1.70 bits per heavy atom. The predicted molar refractivity (Wildman–Crippen MR) is 109 cm³/mol. The first-order chi connectivity index (χ1) is 10.9. The summed E-state index contributed by atoms with van der Waals surface area (Å²) in [4.78, 5) is 4.42. The fraction of sp³-hybridized carbons (Fsp3) is 0.300. The van der Waals surface area contributed by atoms with Gasteiger partial charge < -0.3 is 9.80 Å². The lowest BCUT2D eigenvalue weighted by molar-refractivity contribution is 0.395. The van der Waals surface area contributed by atoms with Crippen molar-refractivity contribution in [1.29, 1.82) is 0 Å². The van der Waals surface area contributed by atoms with Crippen molar-refractivity contribution in [2.75, 3.05) is 28.2 Å². The quantitative estimate of drug-likeness (QED) is 0.499. The Labute approximate surface area is 153 Å². The van der Waals surface area contributed by atoms with Crippen LogP contribution < -0.4 is 0 Å². The molecule has 0 bridgehead atoms. The summed E-state index contributed by atoms with van der Waals surface area (Å²) in [6, 6.07) is 15.5. The van der Waals surface area contributed by atoms with Gasteiger partial charge in [0.1, 0.15) is 0 Å². The average molecular weight is 420 g/mol. The van der Waals surface area contributed by atoms with Crippen molar-refractivity contribution in [3.63, 3.8) is 0 Å². The molecule has 0 saturated heterocycles. The van der Waals surface area contributed by atoms with Crippen molar-refractivity contribution in [2.24, 2.45) is 0 Å². The third-order valence-electron chi connectivity index (χ3n) is 3.41. The zero-order valence-corrected chi connectivity index (χ0v) is 16.5. The summed E-state index contributed by atoms with van der Waals surface area (Å²) in [7, 11) is 8.44. The van der Waals surface area contributed by atoms with E-state index in [9.17, 15) is 0 Å². The monoisotopic (exact) mass is 420 g/mol. The molecule has 3 heteroatoms. The maximum absolute atomic E-state index is 2.33. The third-order valence-corrected chi connectivity index (χ3v) is 4.13. The van der Waals surface area contributed by atoms with E-state index in [1.165, 1.54) is 25.8 Å². The fourth-order valence-corrected chi connectivity index (χ4v) is 2.93. The van der Waals surface area contributed by atoms with Crippen LogP contribution in [-0.4, -0.2) is 38.0 Å². The maximum Gasteiger partial charge on any atom is 0.0227 e. The molecule has 2 nitrogen and oxygen atoms in total. The number of halogens is 1. The Morgan fingerprint density at radius 1 is 0.739 bits per heavy atom. The van der Waals surface area contributed by atoms with Crippen molar-refractivity contribution in [3.05, 3.63) is 68.3 Å². The molecule has 0 radical (unpaired) electrons. The van der Waals surface area contributed by atoms with Crippen LogP contribution in [-0.2, 0) is 13.1 Å². The van der Waals surface area contributed by atoms with Gasteiger partial charge in [0.05, 0.1) is 0 Å². The first-order valence-electron chi connectivity index (χ1n) is 7.78. The van der Waals surface area contributed by atoms with Gasteiger partial charge in [-0.2, -0.15) is 0 Å². The minimum Gasteiger partial charge on any atom is -0.305 e. The second-order valence-corrected chi connectivity index (χ2v) is 7.69. The van der Waals surface area contributed by atoms with E-state index in [2.05, 4.69) is 115 Å². The molecule has 0 heterocycles. The summed E-state index contributed by atoms with van der Waals surface area (Å²) < 4.78 is 1.26. The minimum atomic E-state index is 0.964. The standard InChI is InChI=1S/C20H25IN2/c1-22(2)14-18-11-17(12-19(13-18)15-23(3)4)6-5-16-7-9-20(21)10-8-16/h5-13H,14-15H2,1-4H3/b6-5+. The Morgan fingerprint density at radius 2 is 1.22 bits per heavy atom. The van der Waals surface area contributed by atoms with E-state index in [1.54, 1.807) is 0 Å². The van der Waals surface area contributed by atoms with Gasteiger partial charge in [-0.3, -0.25) is 0 Å². The molecule has 0 aromatic heterocycles. The van der Waals surface area contributed by atoms with Gasteiger partial charge in [-0.15, -0.1) is 0 Å². The summed E-state index contributed by atoms with van der Waals surface area (Å²) >= 11 is 2.33. The fourth-order valence-electron chi connectivity index (χ4n) is 2.57. The van der Waals surface area contributed by atoms with Crippen LogP contribution in [0.15, 0.2) is 42.5 Å². The van der Waals surface area contributed by atoms with Gasteiger partial charge in [0.25, 0.3) is 0 Å². The average Bonchev–Trinajstić information content (AvgIpc) is 2.45. The van der Waals surface area contributed by atoms with E-state index in [0.717, 1.165) is 13.1 Å². The molecule has 0 unspecified atom stereocenters. The molecule has 2 aromatic carbocycles. The topological polar surface area (TPSA) is 6.48 Å². The Bertz CT molecular complexity index is 630. The van der Waals surface area contributed by atoms with Gasteiger partial charge >= 0.3 is 0 Å². The SMILES string of the molecule is CN(C)Cc1cc(/C=C/c2ccc(I)cc2)cc(CN(C)C)c1. The minimum absolute atomic E-state index is 0.964. The molecule has 23 heavy (non-hydrogen) atoms. The van der Waals surface area contributed by atoms with Crippen LogP contribution in [0.2, 0.25) is 0 Å². The van der Waals surface area contributed by atoms with Crippen LogP contribution in [0.4, 0.5) is 0 Å². The van der Waals surface area contributed by atoms with Crippen LogP contribution in [0, 0.1) is 3.57 Å². The lowest BCUT2D eigenvalue weighted by Gasteiger charge is -2.15. The highest BCUT2D eigenvalue weighted by molar-refractivity contribution is 14.1. The molecule has 0 aliphatic heterocycles. The maximum atomic E-state index is 2.33. The number of hydrogen-bond donors (Lipinski definition) is 0. The second-order valence-electron chi connectivity index (χ2n) is 6.44. The van der Waals surface area contributed by atoms with Gasteiger partial charge in [-0.25, -0.2) is 0 Å². The molecule has 2 aromatic rings. The lowest BCUT2D eigenvalue weighted by Crippen LogP contribution is -2.13. The van der Waals surface area contributed by atoms with Crippen molar-refractivity contribution in [2.45, 2.75) is 13.1 Å². The Balaban J connectivity index is 2.26. The molecule has 122 valence electrons. The van der Waals surface area contributed by atoms with Crippen LogP contribution in [0.3, 0.4) is 0 Å². The predicted octanol–water partition coefficient (Wildman–Crippen LogP) is 4.58. The van der Waals surface area contributed by atoms with Gasteiger partial charge in [0, 0.05) is 16.7 Å². The smallest absolute Gasteiger partial charge is 0.0227 e. The van der Waals surface area contributed by atoms with Gasteiger partial charge in [0.15, 0.2) is 0 Å². The van der Waals surface area contributed by atoms with Crippen LogP contribution in [0.5, 0.6) is 0 Å². The molecular weight excluding hydrogens is 395 g/mol. The van der Waals surface area contributed by atoms with Gasteiger partial charge in [-0.05, 0) is 85.2 Å². The third kappa shape index (κ3) is 6.45. The number of benzene rings is 2. The van der Waals surface area contributed by atoms with Crippen LogP contribution in [0.1, 0.15) is 22.3 Å². The second kappa shape index (κ2) is 8.62. The van der Waals surface area contributed by atoms with Crippen LogP contribution in [0.25, 0.3) is 12.2 Å². The summed E-state index contributed by atoms with van der Waals surface area (Å²) in [6.45, 7) is 1.93. The summed E-state index contributed by atoms with van der Waals surface area (Å²) in [5.41, 5.74) is 5.21. The molecule has 0 amide bonds. The van der Waals surface area contributed by atoms with Crippen LogP contribution >= 0.6 is 22.6 Å². The molecular formula is C20H25IN2. The van der Waals surface area contributed by atoms with E-state index >= 15 is 0 Å². The number of rotatable bonds is 6. The molecule has 0 fully saturated rings. The number of hydrogen-bond acceptors (Lipinski definition) is 2. The van der Waals surface area contributed by atoms with Crippen molar-refractivity contribution in [3.8, 4) is 0 Å². The van der Waals surface area contributed by atoms with Crippen molar-refractivity contribution < 1.29 is 0 Å². The van der Waals surface area contributed by atoms with E-state index < -0.39 is 0 Å². The molecule has 0 aliphatic rings. The first-order valence-corrected chi connectivity index (χ1v) is 8.86. The molecule has 2 rings (SSSR count). The van der Waals surface area contributed by atoms with E-state index in [0.29, 0.717) is 0 Å². The molecule has 0 spiro atoms. The lowest BCUT2D eigenvalue weighted by atomic mass is 10.0. The summed E-state index contributed by atoms with van der Waals surface area (Å²) in [5, 5.41) is 0. The van der Waals surface area contributed by atoms with Crippen molar-refractivity contribution >= 4 is 34.7 Å². The highest BCUT2D eigenvalue weighted by Crippen LogP contribution is 2.16. The normalized spacial score (nSPS) is 11.8. The Kier molecular flexibility index (Phi) is 6.81. The zero-order valence-electron chi connectivity index (χ0n) is 14.4. The zero-order chi connectivity index (χ0) is 16.8. The van der Waals surface area contributed by atoms with E-state index in [4.69, 9.17) is 0 Å². The summed E-state index contributed by atoms with van der Waals surface area (Å²) in [5.74, 6) is 0. The number of nitrogens with zero attached hydrogens (tertiary/aromatic N) is 2.